The summed E-state index contributed by atoms with van der Waals surface area (Å²) in [6.45, 7) is 2.69. The topological polar surface area (TPSA) is 52.0 Å². The summed E-state index contributed by atoms with van der Waals surface area (Å²) in [6.07, 6.45) is 1.71. The summed E-state index contributed by atoms with van der Waals surface area (Å²) in [7, 11) is 0. The minimum atomic E-state index is -0.222. The van der Waals surface area contributed by atoms with Gasteiger partial charge in [-0.2, -0.15) is 0 Å². The molecule has 5 heteroatoms. The quantitative estimate of drug-likeness (QED) is 0.182. The van der Waals surface area contributed by atoms with Crippen molar-refractivity contribution in [2.24, 2.45) is 0 Å². The molecule has 0 aliphatic heterocycles. The zero-order valence-electron chi connectivity index (χ0n) is 18.3. The lowest BCUT2D eigenvalue weighted by atomic mass is 10.0. The molecule has 3 aromatic carbocycles. The van der Waals surface area contributed by atoms with E-state index in [0.717, 1.165) is 37.4 Å². The van der Waals surface area contributed by atoms with Crippen LogP contribution in [0.3, 0.4) is 0 Å². The van der Waals surface area contributed by atoms with Crippen molar-refractivity contribution in [2.45, 2.75) is 13.5 Å². The molecule has 1 aliphatic carbocycles. The molecule has 4 nitrogen and oxygen atoms in total. The van der Waals surface area contributed by atoms with Crippen molar-refractivity contribution in [2.75, 3.05) is 0 Å². The predicted octanol–water partition coefficient (Wildman–Crippen LogP) is 6.13. The predicted molar refractivity (Wildman–Crippen MR) is 136 cm³/mol. The molecule has 0 saturated carbocycles. The largest absolute Gasteiger partial charge is 0.325 e. The third-order valence-corrected chi connectivity index (χ3v) is 6.95. The number of carbonyl (C=O) groups excluding carboxylic acids is 2. The Kier molecular flexibility index (Phi) is 4.75. The van der Waals surface area contributed by atoms with Crippen LogP contribution in [0, 0.1) is 11.8 Å². The number of hydrogen-bond acceptors (Lipinski definition) is 4. The Morgan fingerprint density at radius 2 is 1.53 bits per heavy atom. The van der Waals surface area contributed by atoms with E-state index in [-0.39, 0.29) is 17.1 Å². The van der Waals surface area contributed by atoms with Crippen molar-refractivity contribution in [1.82, 2.24) is 9.55 Å². The molecule has 6 rings (SSSR count). The third kappa shape index (κ3) is 3.28. The van der Waals surface area contributed by atoms with Gasteiger partial charge in [-0.3, -0.25) is 9.59 Å². The number of aromatic nitrogens is 2. The second-order valence-electron chi connectivity index (χ2n) is 8.10. The zero-order chi connectivity index (χ0) is 23.2. The molecule has 5 aromatic rings. The number of thiazole rings is 1. The Balaban J connectivity index is 1.39. The number of fused-ring (bicyclic) bond motifs is 3. The highest BCUT2D eigenvalue weighted by molar-refractivity contribution is 7.19. The summed E-state index contributed by atoms with van der Waals surface area (Å²) in [5.41, 5.74) is 3.71. The molecular formula is C29H18N2O2S. The second kappa shape index (κ2) is 7.95. The van der Waals surface area contributed by atoms with Gasteiger partial charge in [0.25, 0.3) is 0 Å². The molecule has 0 atom stereocenters. The zero-order valence-corrected chi connectivity index (χ0v) is 19.1. The Morgan fingerprint density at radius 3 is 2.18 bits per heavy atom. The summed E-state index contributed by atoms with van der Waals surface area (Å²) in [4.78, 5) is 31.0. The van der Waals surface area contributed by atoms with Crippen molar-refractivity contribution >= 4 is 50.1 Å². The highest BCUT2D eigenvalue weighted by Crippen LogP contribution is 2.33. The molecule has 0 saturated heterocycles. The summed E-state index contributed by atoms with van der Waals surface area (Å²) < 4.78 is 3.00. The monoisotopic (exact) mass is 458 g/mol. The summed E-state index contributed by atoms with van der Waals surface area (Å²) >= 11 is 1.51. The van der Waals surface area contributed by atoms with Gasteiger partial charge in [0.15, 0.2) is 22.2 Å². The normalized spacial score (nSPS) is 12.8. The molecule has 0 spiro atoms. The van der Waals surface area contributed by atoms with Crippen LogP contribution in [-0.2, 0) is 6.54 Å². The molecule has 0 unspecified atom stereocenters. The first-order valence-corrected chi connectivity index (χ1v) is 11.8. The van der Waals surface area contributed by atoms with Gasteiger partial charge in [0.2, 0.25) is 0 Å². The summed E-state index contributed by atoms with van der Waals surface area (Å²) in [5, 5.41) is 2.64. The molecule has 34 heavy (non-hydrogen) atoms. The number of ketones is 2. The van der Waals surface area contributed by atoms with Crippen molar-refractivity contribution in [1.29, 1.82) is 0 Å². The molecule has 162 valence electrons. The number of Topliss-reactive ketones (excluding diaryl/α,β-unsaturated/α-hetero) is 2. The smallest absolute Gasteiger partial charge is 0.197 e. The lowest BCUT2D eigenvalue weighted by Crippen LogP contribution is -2.03. The number of rotatable bonds is 2. The van der Waals surface area contributed by atoms with Crippen LogP contribution < -0.4 is 0 Å². The van der Waals surface area contributed by atoms with E-state index in [1.807, 2.05) is 84.3 Å². The Hall–Kier alpha value is -4.27. The molecule has 0 N–H and O–H groups in total. The Bertz CT molecular complexity index is 1670. The lowest BCUT2D eigenvalue weighted by Gasteiger charge is -2.03. The van der Waals surface area contributed by atoms with Crippen LogP contribution in [0.2, 0.25) is 0 Å². The highest BCUT2D eigenvalue weighted by atomic mass is 32.1. The maximum Gasteiger partial charge on any atom is 0.197 e. The SMILES string of the molecule is CCn1c(C=C2C(=O)c3cc4ccccc4cc3C2=O)cc2sc(C#Cc3ccccc3)nc21. The van der Waals surface area contributed by atoms with Gasteiger partial charge < -0.3 is 4.57 Å². The first kappa shape index (κ1) is 20.3. The van der Waals surface area contributed by atoms with E-state index in [4.69, 9.17) is 4.98 Å². The van der Waals surface area contributed by atoms with Gasteiger partial charge in [-0.15, -0.1) is 11.3 Å². The highest BCUT2D eigenvalue weighted by Gasteiger charge is 2.33. The number of aryl methyl sites for hydroxylation is 1. The number of benzene rings is 3. The van der Waals surface area contributed by atoms with Gasteiger partial charge in [0.1, 0.15) is 0 Å². The van der Waals surface area contributed by atoms with E-state index in [1.54, 1.807) is 6.08 Å². The van der Waals surface area contributed by atoms with Gasteiger partial charge in [-0.1, -0.05) is 48.4 Å². The van der Waals surface area contributed by atoms with Crippen LogP contribution in [0.1, 0.15) is 43.9 Å². The molecule has 0 fully saturated rings. The number of nitrogens with zero attached hydrogens (tertiary/aromatic N) is 2. The fourth-order valence-electron chi connectivity index (χ4n) is 4.39. The maximum atomic E-state index is 13.2. The van der Waals surface area contributed by atoms with Gasteiger partial charge in [0.05, 0.1) is 10.3 Å². The minimum Gasteiger partial charge on any atom is -0.325 e. The van der Waals surface area contributed by atoms with E-state index in [2.05, 4.69) is 11.8 Å². The van der Waals surface area contributed by atoms with Gasteiger partial charge in [-0.25, -0.2) is 4.98 Å². The van der Waals surface area contributed by atoms with Crippen LogP contribution in [0.15, 0.2) is 78.4 Å². The molecule has 0 amide bonds. The van der Waals surface area contributed by atoms with Crippen molar-refractivity contribution in [3.63, 3.8) is 0 Å². The van der Waals surface area contributed by atoms with E-state index < -0.39 is 0 Å². The van der Waals surface area contributed by atoms with Crippen LogP contribution in [0.25, 0.3) is 27.2 Å². The van der Waals surface area contributed by atoms with E-state index in [0.29, 0.717) is 17.7 Å². The Labute approximate surface area is 200 Å². The average molecular weight is 459 g/mol. The molecule has 0 bridgehead atoms. The van der Waals surface area contributed by atoms with Gasteiger partial charge in [0, 0.05) is 28.9 Å². The summed E-state index contributed by atoms with van der Waals surface area (Å²) in [5.74, 6) is 5.84. The number of carbonyl (C=O) groups is 2. The molecule has 2 heterocycles. The third-order valence-electron chi connectivity index (χ3n) is 6.04. The van der Waals surface area contributed by atoms with Crippen molar-refractivity contribution < 1.29 is 9.59 Å². The second-order valence-corrected chi connectivity index (χ2v) is 9.13. The van der Waals surface area contributed by atoms with E-state index in [1.165, 1.54) is 11.3 Å². The van der Waals surface area contributed by atoms with Crippen LogP contribution in [0.4, 0.5) is 0 Å². The van der Waals surface area contributed by atoms with Gasteiger partial charge in [-0.05, 0) is 60.0 Å². The van der Waals surface area contributed by atoms with E-state index >= 15 is 0 Å². The van der Waals surface area contributed by atoms with Crippen molar-refractivity contribution in [3.05, 3.63) is 106 Å². The molecule has 2 aromatic heterocycles. The van der Waals surface area contributed by atoms with Crippen LogP contribution in [-0.4, -0.2) is 21.1 Å². The van der Waals surface area contributed by atoms with Crippen molar-refractivity contribution in [3.8, 4) is 11.8 Å². The first-order valence-electron chi connectivity index (χ1n) is 11.0. The van der Waals surface area contributed by atoms with Gasteiger partial charge >= 0.3 is 0 Å². The molecule has 0 radical (unpaired) electrons. The lowest BCUT2D eigenvalue weighted by molar-refractivity contribution is 0.0990. The average Bonchev–Trinajstić information content (AvgIpc) is 3.48. The minimum absolute atomic E-state index is 0.203. The van der Waals surface area contributed by atoms with Crippen LogP contribution in [0.5, 0.6) is 0 Å². The standard InChI is InChI=1S/C29H18N2O2S/c1-2-31-21(17-25-29(31)30-26(34-25)13-12-18-8-4-3-5-9-18)16-24-27(32)22-14-19-10-6-7-11-20(19)15-23(22)28(24)33/h3-11,14-17H,2H2,1H3. The molecule has 1 aliphatic rings. The maximum absolute atomic E-state index is 13.2. The fourth-order valence-corrected chi connectivity index (χ4v) is 5.26. The summed E-state index contributed by atoms with van der Waals surface area (Å²) in [6, 6.07) is 23.2. The number of hydrogen-bond donors (Lipinski definition) is 0. The Morgan fingerprint density at radius 1 is 0.882 bits per heavy atom. The first-order chi connectivity index (χ1) is 16.6. The fraction of sp³-hybridized carbons (Fsp3) is 0.0690. The van der Waals surface area contributed by atoms with Crippen LogP contribution >= 0.6 is 11.3 Å². The van der Waals surface area contributed by atoms with E-state index in [9.17, 15) is 9.59 Å². The molecular weight excluding hydrogens is 440 g/mol. The number of allylic oxidation sites excluding steroid dienone is 1.